The number of amides is 3. The van der Waals surface area contributed by atoms with Crippen molar-refractivity contribution in [3.05, 3.63) is 35.9 Å². The molecule has 20 heavy (non-hydrogen) atoms. The molecule has 0 unspecified atom stereocenters. The number of carbonyl (C=O) groups excluding carboxylic acids is 2. The number of nitrogens with one attached hydrogen (secondary N) is 2. The molecule has 3 rings (SSSR count). The van der Waals surface area contributed by atoms with Gasteiger partial charge in [-0.3, -0.25) is 15.0 Å². The van der Waals surface area contributed by atoms with Crippen molar-refractivity contribution in [3.8, 4) is 0 Å². The van der Waals surface area contributed by atoms with Gasteiger partial charge in [-0.1, -0.05) is 37.3 Å². The minimum atomic E-state index is -0.774. The highest BCUT2D eigenvalue weighted by Gasteiger charge is 2.55. The fourth-order valence-corrected chi connectivity index (χ4v) is 3.57. The summed E-state index contributed by atoms with van der Waals surface area (Å²) in [6, 6.07) is 9.88. The zero-order chi connectivity index (χ0) is 14.3. The average molecular weight is 273 g/mol. The molecule has 0 aromatic heterocycles. The van der Waals surface area contributed by atoms with Crippen LogP contribution in [-0.4, -0.2) is 36.0 Å². The summed E-state index contributed by atoms with van der Waals surface area (Å²) in [7, 11) is 2.07. The lowest BCUT2D eigenvalue weighted by molar-refractivity contribution is -0.129. The van der Waals surface area contributed by atoms with Crippen molar-refractivity contribution < 1.29 is 9.59 Å². The number of piperidine rings is 1. The zero-order valence-corrected chi connectivity index (χ0v) is 11.7. The lowest BCUT2D eigenvalue weighted by Crippen LogP contribution is -2.60. The Balaban J connectivity index is 1.99. The molecule has 3 amide bonds. The Bertz CT molecular complexity index is 545. The van der Waals surface area contributed by atoms with Crippen molar-refractivity contribution in [2.24, 2.45) is 5.92 Å². The van der Waals surface area contributed by atoms with Crippen LogP contribution in [0.4, 0.5) is 4.79 Å². The van der Waals surface area contributed by atoms with Crippen LogP contribution in [0.2, 0.25) is 0 Å². The van der Waals surface area contributed by atoms with E-state index in [0.717, 1.165) is 6.54 Å². The number of benzene rings is 1. The SMILES string of the molecule is C[C@H]1[C@H](c2ccccc2)N(C)CC[C@]12NC(=O)NC2=O. The smallest absolute Gasteiger partial charge is 0.322 e. The van der Waals surface area contributed by atoms with E-state index in [-0.39, 0.29) is 23.9 Å². The summed E-state index contributed by atoms with van der Waals surface area (Å²) in [6.07, 6.45) is 0.644. The van der Waals surface area contributed by atoms with Crippen molar-refractivity contribution in [3.63, 3.8) is 0 Å². The average Bonchev–Trinajstić information content (AvgIpc) is 2.72. The van der Waals surface area contributed by atoms with Crippen LogP contribution in [-0.2, 0) is 4.79 Å². The molecule has 1 aromatic rings. The molecular formula is C15H19N3O2. The van der Waals surface area contributed by atoms with Crippen LogP contribution >= 0.6 is 0 Å². The summed E-state index contributed by atoms with van der Waals surface area (Å²) in [4.78, 5) is 26.0. The van der Waals surface area contributed by atoms with Gasteiger partial charge in [0.05, 0.1) is 0 Å². The summed E-state index contributed by atoms with van der Waals surface area (Å²) in [5, 5.41) is 5.25. The van der Waals surface area contributed by atoms with Gasteiger partial charge in [0.15, 0.2) is 0 Å². The van der Waals surface area contributed by atoms with Crippen LogP contribution in [0.5, 0.6) is 0 Å². The maximum absolute atomic E-state index is 12.2. The number of imide groups is 1. The van der Waals surface area contributed by atoms with E-state index in [4.69, 9.17) is 0 Å². The lowest BCUT2D eigenvalue weighted by Gasteiger charge is -2.47. The van der Waals surface area contributed by atoms with E-state index in [1.54, 1.807) is 0 Å². The molecule has 0 saturated carbocycles. The van der Waals surface area contributed by atoms with Crippen LogP contribution in [0.15, 0.2) is 30.3 Å². The number of hydrogen-bond acceptors (Lipinski definition) is 3. The van der Waals surface area contributed by atoms with Gasteiger partial charge in [-0.05, 0) is 19.0 Å². The number of hydrogen-bond donors (Lipinski definition) is 2. The van der Waals surface area contributed by atoms with Crippen LogP contribution in [0.3, 0.4) is 0 Å². The first kappa shape index (κ1) is 13.1. The lowest BCUT2D eigenvalue weighted by atomic mass is 9.72. The van der Waals surface area contributed by atoms with Crippen molar-refractivity contribution in [1.29, 1.82) is 0 Å². The molecule has 2 heterocycles. The number of likely N-dealkylation sites (tertiary alicyclic amines) is 1. The quantitative estimate of drug-likeness (QED) is 0.758. The van der Waals surface area contributed by atoms with Gasteiger partial charge in [0.25, 0.3) is 5.91 Å². The highest BCUT2D eigenvalue weighted by Crippen LogP contribution is 2.42. The predicted molar refractivity (Wildman–Crippen MR) is 75.0 cm³/mol. The molecule has 2 aliphatic rings. The molecule has 2 aliphatic heterocycles. The van der Waals surface area contributed by atoms with Gasteiger partial charge in [-0.15, -0.1) is 0 Å². The van der Waals surface area contributed by atoms with E-state index in [1.807, 2.05) is 25.1 Å². The third-order valence-electron chi connectivity index (χ3n) is 4.69. The minimum Gasteiger partial charge on any atom is -0.323 e. The zero-order valence-electron chi connectivity index (χ0n) is 11.7. The Labute approximate surface area is 118 Å². The molecule has 0 aliphatic carbocycles. The maximum Gasteiger partial charge on any atom is 0.322 e. The third kappa shape index (κ3) is 1.81. The first-order valence-electron chi connectivity index (χ1n) is 6.93. The van der Waals surface area contributed by atoms with Gasteiger partial charge in [0, 0.05) is 18.5 Å². The van der Waals surface area contributed by atoms with E-state index < -0.39 is 5.54 Å². The first-order chi connectivity index (χ1) is 9.54. The van der Waals surface area contributed by atoms with Gasteiger partial charge in [-0.2, -0.15) is 0 Å². The monoisotopic (exact) mass is 273 g/mol. The predicted octanol–water partition coefficient (Wildman–Crippen LogP) is 1.28. The van der Waals surface area contributed by atoms with Crippen LogP contribution in [0.25, 0.3) is 0 Å². The highest BCUT2D eigenvalue weighted by molar-refractivity contribution is 6.07. The van der Waals surface area contributed by atoms with Crippen LogP contribution in [0, 0.1) is 5.92 Å². The summed E-state index contributed by atoms with van der Waals surface area (Å²) in [5.74, 6) is -0.181. The molecule has 1 aromatic carbocycles. The molecule has 3 atom stereocenters. The normalized spacial score (nSPS) is 34.1. The van der Waals surface area contributed by atoms with Crippen molar-refractivity contribution >= 4 is 11.9 Å². The topological polar surface area (TPSA) is 61.4 Å². The van der Waals surface area contributed by atoms with Crippen LogP contribution < -0.4 is 10.6 Å². The Kier molecular flexibility index (Phi) is 3.01. The van der Waals surface area contributed by atoms with Crippen molar-refractivity contribution in [1.82, 2.24) is 15.5 Å². The second kappa shape index (κ2) is 4.59. The largest absolute Gasteiger partial charge is 0.323 e. The van der Waals surface area contributed by atoms with Crippen molar-refractivity contribution in [2.75, 3.05) is 13.6 Å². The molecule has 2 saturated heterocycles. The van der Waals surface area contributed by atoms with Gasteiger partial charge in [0.1, 0.15) is 5.54 Å². The van der Waals surface area contributed by atoms with E-state index in [9.17, 15) is 9.59 Å². The molecule has 2 N–H and O–H groups in total. The third-order valence-corrected chi connectivity index (χ3v) is 4.69. The van der Waals surface area contributed by atoms with E-state index in [2.05, 4.69) is 34.7 Å². The molecule has 0 bridgehead atoms. The highest BCUT2D eigenvalue weighted by atomic mass is 16.2. The molecule has 5 nitrogen and oxygen atoms in total. The fourth-order valence-electron chi connectivity index (χ4n) is 3.57. The van der Waals surface area contributed by atoms with Crippen molar-refractivity contribution in [2.45, 2.75) is 24.9 Å². The maximum atomic E-state index is 12.2. The van der Waals surface area contributed by atoms with E-state index >= 15 is 0 Å². The molecular weight excluding hydrogens is 254 g/mol. The first-order valence-corrected chi connectivity index (χ1v) is 6.93. The Hall–Kier alpha value is -1.88. The molecule has 0 radical (unpaired) electrons. The second-order valence-electron chi connectivity index (χ2n) is 5.75. The molecule has 106 valence electrons. The molecule has 2 fully saturated rings. The van der Waals surface area contributed by atoms with Gasteiger partial charge in [-0.25, -0.2) is 4.79 Å². The van der Waals surface area contributed by atoms with Crippen LogP contribution in [0.1, 0.15) is 24.9 Å². The summed E-state index contributed by atoms with van der Waals surface area (Å²) >= 11 is 0. The Morgan fingerprint density at radius 3 is 2.55 bits per heavy atom. The Morgan fingerprint density at radius 2 is 1.95 bits per heavy atom. The van der Waals surface area contributed by atoms with Gasteiger partial charge in [0.2, 0.25) is 0 Å². The van der Waals surface area contributed by atoms with Gasteiger partial charge < -0.3 is 5.32 Å². The number of urea groups is 1. The van der Waals surface area contributed by atoms with Gasteiger partial charge >= 0.3 is 6.03 Å². The standard InChI is InChI=1S/C15H19N3O2/c1-10-12(11-6-4-3-5-7-11)18(2)9-8-15(10)13(19)16-14(20)17-15/h3-7,10,12H,8-9H2,1-2H3,(H2,16,17,19,20)/t10-,12+,15-/m0/s1. The summed E-state index contributed by atoms with van der Waals surface area (Å²) < 4.78 is 0. The number of rotatable bonds is 1. The Morgan fingerprint density at radius 1 is 1.25 bits per heavy atom. The second-order valence-corrected chi connectivity index (χ2v) is 5.75. The van der Waals surface area contributed by atoms with E-state index in [1.165, 1.54) is 5.56 Å². The summed E-state index contributed by atoms with van der Waals surface area (Å²) in [5.41, 5.74) is 0.403. The number of nitrogens with zero attached hydrogens (tertiary/aromatic N) is 1. The minimum absolute atomic E-state index is 0.00935. The fraction of sp³-hybridized carbons (Fsp3) is 0.467. The number of carbonyl (C=O) groups is 2. The summed E-state index contributed by atoms with van der Waals surface area (Å²) in [6.45, 7) is 2.82. The molecule has 5 heteroatoms. The molecule has 1 spiro atoms. The van der Waals surface area contributed by atoms with E-state index in [0.29, 0.717) is 6.42 Å².